The van der Waals surface area contributed by atoms with Crippen LogP contribution in [0.3, 0.4) is 0 Å². The van der Waals surface area contributed by atoms with E-state index in [4.69, 9.17) is 4.42 Å². The molecule has 0 atom stereocenters. The molecule has 0 aliphatic rings. The highest BCUT2D eigenvalue weighted by Gasteiger charge is 2.06. The fourth-order valence-electron chi connectivity index (χ4n) is 1.93. The minimum absolute atomic E-state index is 0. The molecule has 1 aromatic heterocycles. The molecule has 0 saturated heterocycles. The summed E-state index contributed by atoms with van der Waals surface area (Å²) in [6.07, 6.45) is 0. The molecule has 0 spiro atoms. The van der Waals surface area contributed by atoms with E-state index in [1.165, 1.54) is 6.07 Å². The summed E-state index contributed by atoms with van der Waals surface area (Å²) < 4.78 is 19.0. The van der Waals surface area contributed by atoms with Crippen LogP contribution in [0.5, 0.6) is 0 Å². The van der Waals surface area contributed by atoms with Crippen molar-refractivity contribution >= 4 is 29.9 Å². The van der Waals surface area contributed by atoms with Crippen molar-refractivity contribution in [1.82, 2.24) is 15.6 Å². The first kappa shape index (κ1) is 19.4. The van der Waals surface area contributed by atoms with Crippen molar-refractivity contribution in [3.63, 3.8) is 0 Å². The number of aliphatic imine (C=N–C) groups is 1. The van der Waals surface area contributed by atoms with Crippen LogP contribution < -0.4 is 10.6 Å². The third-order valence-electron chi connectivity index (χ3n) is 3.40. The molecule has 2 rings (SSSR count). The number of benzene rings is 1. The van der Waals surface area contributed by atoms with Crippen molar-refractivity contribution < 1.29 is 8.81 Å². The maximum absolute atomic E-state index is 13.5. The van der Waals surface area contributed by atoms with Gasteiger partial charge in [0, 0.05) is 13.6 Å². The first-order valence-electron chi connectivity index (χ1n) is 7.12. The van der Waals surface area contributed by atoms with Gasteiger partial charge in [-0.25, -0.2) is 9.37 Å². The van der Waals surface area contributed by atoms with Gasteiger partial charge in [0.05, 0.1) is 12.2 Å². The monoisotopic (exact) mass is 432 g/mol. The van der Waals surface area contributed by atoms with E-state index in [1.54, 1.807) is 20.0 Å². The molecule has 1 heterocycles. The summed E-state index contributed by atoms with van der Waals surface area (Å²) in [6.45, 7) is 6.46. The molecule has 2 N–H and O–H groups in total. The minimum atomic E-state index is -0.201. The van der Waals surface area contributed by atoms with E-state index in [0.29, 0.717) is 30.5 Å². The van der Waals surface area contributed by atoms with Crippen LogP contribution in [0, 0.1) is 26.6 Å². The van der Waals surface area contributed by atoms with Gasteiger partial charge in [0.2, 0.25) is 5.89 Å². The molecule has 126 valence electrons. The maximum atomic E-state index is 13.5. The average Bonchev–Trinajstić information content (AvgIpc) is 2.81. The molecule has 0 bridgehead atoms. The summed E-state index contributed by atoms with van der Waals surface area (Å²) in [5.74, 6) is 1.83. The fraction of sp³-hybridized carbons (Fsp3) is 0.375. The van der Waals surface area contributed by atoms with Crippen LogP contribution >= 0.6 is 24.0 Å². The molecule has 23 heavy (non-hydrogen) atoms. The molecule has 2 aromatic rings. The SMILES string of the molecule is CN=C(NCc1ccc(C)c(F)c1)NCc1nc(C)c(C)o1.I. The van der Waals surface area contributed by atoms with Crippen LogP contribution in [0.2, 0.25) is 0 Å². The Hall–Kier alpha value is -1.64. The van der Waals surface area contributed by atoms with Crippen LogP contribution in [0.1, 0.15) is 28.5 Å². The highest BCUT2D eigenvalue weighted by Crippen LogP contribution is 2.09. The molecular weight excluding hydrogens is 410 g/mol. The van der Waals surface area contributed by atoms with E-state index in [1.807, 2.05) is 19.9 Å². The van der Waals surface area contributed by atoms with Gasteiger partial charge in [-0.15, -0.1) is 24.0 Å². The lowest BCUT2D eigenvalue weighted by molar-refractivity contribution is 0.463. The van der Waals surface area contributed by atoms with Gasteiger partial charge in [0.15, 0.2) is 5.96 Å². The first-order chi connectivity index (χ1) is 10.5. The summed E-state index contributed by atoms with van der Waals surface area (Å²) in [7, 11) is 1.68. The van der Waals surface area contributed by atoms with Crippen molar-refractivity contribution in [2.45, 2.75) is 33.9 Å². The molecule has 0 radical (unpaired) electrons. The summed E-state index contributed by atoms with van der Waals surface area (Å²) in [4.78, 5) is 8.41. The number of guanidine groups is 1. The Morgan fingerprint density at radius 2 is 1.91 bits per heavy atom. The van der Waals surface area contributed by atoms with Gasteiger partial charge in [-0.1, -0.05) is 12.1 Å². The van der Waals surface area contributed by atoms with Crippen LogP contribution in [0.4, 0.5) is 4.39 Å². The largest absolute Gasteiger partial charge is 0.444 e. The lowest BCUT2D eigenvalue weighted by Gasteiger charge is -2.11. The number of hydrogen-bond acceptors (Lipinski definition) is 3. The summed E-state index contributed by atoms with van der Waals surface area (Å²) in [5, 5.41) is 6.24. The second-order valence-electron chi connectivity index (χ2n) is 5.11. The summed E-state index contributed by atoms with van der Waals surface area (Å²) in [5.41, 5.74) is 2.38. The molecule has 0 amide bonds. The van der Waals surface area contributed by atoms with E-state index < -0.39 is 0 Å². The van der Waals surface area contributed by atoms with E-state index in [-0.39, 0.29) is 29.8 Å². The number of rotatable bonds is 4. The van der Waals surface area contributed by atoms with Crippen LogP contribution in [-0.4, -0.2) is 18.0 Å². The molecule has 0 unspecified atom stereocenters. The molecule has 0 aliphatic heterocycles. The van der Waals surface area contributed by atoms with E-state index in [2.05, 4.69) is 20.6 Å². The van der Waals surface area contributed by atoms with E-state index in [9.17, 15) is 4.39 Å². The lowest BCUT2D eigenvalue weighted by atomic mass is 10.1. The molecule has 1 aromatic carbocycles. The Balaban J connectivity index is 0.00000264. The lowest BCUT2D eigenvalue weighted by Crippen LogP contribution is -2.36. The van der Waals surface area contributed by atoms with Gasteiger partial charge in [0.25, 0.3) is 0 Å². The Labute approximate surface area is 152 Å². The van der Waals surface area contributed by atoms with Gasteiger partial charge >= 0.3 is 0 Å². The van der Waals surface area contributed by atoms with Gasteiger partial charge in [0.1, 0.15) is 11.6 Å². The quantitative estimate of drug-likeness (QED) is 0.443. The third kappa shape index (κ3) is 5.49. The smallest absolute Gasteiger partial charge is 0.214 e. The third-order valence-corrected chi connectivity index (χ3v) is 3.40. The fourth-order valence-corrected chi connectivity index (χ4v) is 1.93. The molecule has 0 aliphatic carbocycles. The molecular formula is C16H22FIN4O. The van der Waals surface area contributed by atoms with Gasteiger partial charge in [-0.05, 0) is 38.0 Å². The highest BCUT2D eigenvalue weighted by molar-refractivity contribution is 14.0. The second-order valence-corrected chi connectivity index (χ2v) is 5.11. The Bertz CT molecular complexity index is 665. The molecule has 5 nitrogen and oxygen atoms in total. The number of halogens is 2. The first-order valence-corrected chi connectivity index (χ1v) is 7.12. The Morgan fingerprint density at radius 1 is 1.22 bits per heavy atom. The van der Waals surface area contributed by atoms with Gasteiger partial charge in [-0.2, -0.15) is 0 Å². The number of nitrogens with one attached hydrogen (secondary N) is 2. The maximum Gasteiger partial charge on any atom is 0.214 e. The number of hydrogen-bond donors (Lipinski definition) is 2. The van der Waals surface area contributed by atoms with Crippen LogP contribution in [0.25, 0.3) is 0 Å². The van der Waals surface area contributed by atoms with Crippen LogP contribution in [-0.2, 0) is 13.1 Å². The van der Waals surface area contributed by atoms with Crippen molar-refractivity contribution in [1.29, 1.82) is 0 Å². The zero-order chi connectivity index (χ0) is 16.1. The summed E-state index contributed by atoms with van der Waals surface area (Å²) in [6, 6.07) is 5.18. The number of aromatic nitrogens is 1. The van der Waals surface area contributed by atoms with Crippen molar-refractivity contribution in [2.24, 2.45) is 4.99 Å². The van der Waals surface area contributed by atoms with Crippen molar-refractivity contribution in [3.05, 3.63) is 52.5 Å². The summed E-state index contributed by atoms with van der Waals surface area (Å²) >= 11 is 0. The number of nitrogens with zero attached hydrogens (tertiary/aromatic N) is 2. The second kappa shape index (κ2) is 8.85. The predicted octanol–water partition coefficient (Wildman–Crippen LogP) is 3.22. The number of oxazole rings is 1. The Kier molecular flexibility index (Phi) is 7.47. The highest BCUT2D eigenvalue weighted by atomic mass is 127. The van der Waals surface area contributed by atoms with E-state index in [0.717, 1.165) is 17.0 Å². The average molecular weight is 432 g/mol. The van der Waals surface area contributed by atoms with Gasteiger partial charge in [-0.3, -0.25) is 4.99 Å². The van der Waals surface area contributed by atoms with Crippen molar-refractivity contribution in [2.75, 3.05) is 7.05 Å². The molecule has 7 heteroatoms. The molecule has 0 saturated carbocycles. The Morgan fingerprint density at radius 3 is 2.48 bits per heavy atom. The standard InChI is InChI=1S/C16H21FN4O.HI/c1-10-5-6-13(7-14(10)17)8-19-16(18-4)20-9-15-21-11(2)12(3)22-15;/h5-7H,8-9H2,1-4H3,(H2,18,19,20);1H. The predicted molar refractivity (Wildman–Crippen MR) is 99.6 cm³/mol. The normalized spacial score (nSPS) is 11.1. The van der Waals surface area contributed by atoms with E-state index >= 15 is 0 Å². The number of aryl methyl sites for hydroxylation is 3. The van der Waals surface area contributed by atoms with Crippen molar-refractivity contribution in [3.8, 4) is 0 Å². The molecule has 0 fully saturated rings. The topological polar surface area (TPSA) is 62.5 Å². The zero-order valence-electron chi connectivity index (χ0n) is 13.7. The van der Waals surface area contributed by atoms with Crippen LogP contribution in [0.15, 0.2) is 27.6 Å². The zero-order valence-corrected chi connectivity index (χ0v) is 16.1. The minimum Gasteiger partial charge on any atom is -0.444 e. The van der Waals surface area contributed by atoms with Gasteiger partial charge < -0.3 is 15.1 Å².